The van der Waals surface area contributed by atoms with E-state index in [-0.39, 0.29) is 0 Å². The van der Waals surface area contributed by atoms with Crippen LogP contribution in [0.1, 0.15) is 26.7 Å². The van der Waals surface area contributed by atoms with Gasteiger partial charge in [0.05, 0.1) is 18.8 Å². The molecule has 0 aromatic rings. The molecule has 1 N–H and O–H groups in total. The molecule has 0 aliphatic carbocycles. The molecule has 1 fully saturated rings. The molecule has 4 heteroatoms. The molecule has 0 amide bonds. The number of likely N-dealkylation sites (N-methyl/N-ethyl adjacent to an activating group) is 1. The Morgan fingerprint density at radius 2 is 2.06 bits per heavy atom. The second-order valence-corrected chi connectivity index (χ2v) is 5.10. The minimum Gasteiger partial charge on any atom is -0.376 e. The van der Waals surface area contributed by atoms with Crippen LogP contribution in [-0.2, 0) is 4.74 Å². The highest BCUT2D eigenvalue weighted by Crippen LogP contribution is 2.23. The van der Waals surface area contributed by atoms with Crippen LogP contribution in [0.3, 0.4) is 0 Å². The van der Waals surface area contributed by atoms with Crippen molar-refractivity contribution in [1.29, 1.82) is 0 Å². The molecule has 0 bridgehead atoms. The van der Waals surface area contributed by atoms with Crippen molar-refractivity contribution in [2.24, 2.45) is 10.9 Å². The van der Waals surface area contributed by atoms with Gasteiger partial charge in [-0.25, -0.2) is 0 Å². The molecular weight excluding hydrogens is 202 g/mol. The third-order valence-corrected chi connectivity index (χ3v) is 3.40. The van der Waals surface area contributed by atoms with Gasteiger partial charge in [0.2, 0.25) is 0 Å². The zero-order valence-corrected chi connectivity index (χ0v) is 10.6. The molecule has 4 nitrogen and oxygen atoms in total. The monoisotopic (exact) mass is 225 g/mol. The molecule has 16 heavy (non-hydrogen) atoms. The zero-order valence-electron chi connectivity index (χ0n) is 10.6. The molecule has 2 rings (SSSR count). The van der Waals surface area contributed by atoms with Gasteiger partial charge in [0.15, 0.2) is 5.96 Å². The Morgan fingerprint density at radius 3 is 2.62 bits per heavy atom. The lowest BCUT2D eigenvalue weighted by atomic mass is 9.92. The predicted octanol–water partition coefficient (Wildman–Crippen LogP) is 1.08. The van der Waals surface area contributed by atoms with E-state index in [0.29, 0.717) is 12.2 Å². The minimum atomic E-state index is 0.402. The molecule has 2 heterocycles. The average Bonchev–Trinajstić information content (AvgIpc) is 2.59. The lowest BCUT2D eigenvalue weighted by Crippen LogP contribution is -2.41. The van der Waals surface area contributed by atoms with Gasteiger partial charge in [0, 0.05) is 20.1 Å². The van der Waals surface area contributed by atoms with Crippen LogP contribution in [0.25, 0.3) is 0 Å². The summed E-state index contributed by atoms with van der Waals surface area (Å²) in [7, 11) is 2.09. The van der Waals surface area contributed by atoms with E-state index in [0.717, 1.165) is 44.4 Å². The van der Waals surface area contributed by atoms with E-state index in [9.17, 15) is 0 Å². The Balaban J connectivity index is 1.77. The maximum absolute atomic E-state index is 5.74. The summed E-state index contributed by atoms with van der Waals surface area (Å²) in [4.78, 5) is 6.63. The van der Waals surface area contributed by atoms with Crippen molar-refractivity contribution in [3.63, 3.8) is 0 Å². The van der Waals surface area contributed by atoms with E-state index in [2.05, 4.69) is 36.1 Å². The number of hydrogen-bond donors (Lipinski definition) is 1. The number of nitrogens with one attached hydrogen (secondary N) is 1. The van der Waals surface area contributed by atoms with Gasteiger partial charge in [-0.2, -0.15) is 0 Å². The van der Waals surface area contributed by atoms with Crippen LogP contribution in [0, 0.1) is 5.92 Å². The maximum atomic E-state index is 5.74. The second-order valence-electron chi connectivity index (χ2n) is 5.10. The van der Waals surface area contributed by atoms with Crippen LogP contribution in [0.5, 0.6) is 0 Å². The van der Waals surface area contributed by atoms with Crippen LogP contribution in [-0.4, -0.2) is 49.7 Å². The fraction of sp³-hybridized carbons (Fsp3) is 0.917. The molecule has 0 radical (unpaired) electrons. The van der Waals surface area contributed by atoms with Gasteiger partial charge in [-0.05, 0) is 32.6 Å². The SMILES string of the molecule is CC1CC(CNC2=NCCN2C)CC(C)O1. The van der Waals surface area contributed by atoms with Crippen molar-refractivity contribution in [1.82, 2.24) is 10.2 Å². The number of hydrogen-bond acceptors (Lipinski definition) is 4. The lowest BCUT2D eigenvalue weighted by molar-refractivity contribution is -0.0509. The summed E-state index contributed by atoms with van der Waals surface area (Å²) in [5, 5.41) is 3.46. The van der Waals surface area contributed by atoms with Gasteiger partial charge < -0.3 is 15.0 Å². The van der Waals surface area contributed by atoms with Crippen LogP contribution >= 0.6 is 0 Å². The Hall–Kier alpha value is -0.770. The largest absolute Gasteiger partial charge is 0.376 e. The van der Waals surface area contributed by atoms with Crippen molar-refractivity contribution >= 4 is 5.96 Å². The predicted molar refractivity (Wildman–Crippen MR) is 65.7 cm³/mol. The van der Waals surface area contributed by atoms with E-state index in [1.807, 2.05) is 0 Å². The fourth-order valence-electron chi connectivity index (χ4n) is 2.67. The average molecular weight is 225 g/mol. The molecule has 2 aliphatic rings. The summed E-state index contributed by atoms with van der Waals surface area (Å²) in [5.74, 6) is 1.78. The van der Waals surface area contributed by atoms with E-state index in [1.165, 1.54) is 0 Å². The molecule has 1 saturated heterocycles. The van der Waals surface area contributed by atoms with E-state index in [1.54, 1.807) is 0 Å². The van der Waals surface area contributed by atoms with Gasteiger partial charge >= 0.3 is 0 Å². The topological polar surface area (TPSA) is 36.9 Å². The number of nitrogens with zero attached hydrogens (tertiary/aromatic N) is 2. The fourth-order valence-corrected chi connectivity index (χ4v) is 2.67. The van der Waals surface area contributed by atoms with Crippen LogP contribution < -0.4 is 5.32 Å². The van der Waals surface area contributed by atoms with Crippen molar-refractivity contribution in [2.75, 3.05) is 26.7 Å². The summed E-state index contributed by atoms with van der Waals surface area (Å²) in [5.41, 5.74) is 0. The van der Waals surface area contributed by atoms with Gasteiger partial charge in [0.25, 0.3) is 0 Å². The molecule has 92 valence electrons. The minimum absolute atomic E-state index is 0.402. The first-order valence-electron chi connectivity index (χ1n) is 6.30. The van der Waals surface area contributed by atoms with E-state index >= 15 is 0 Å². The summed E-state index contributed by atoms with van der Waals surface area (Å²) >= 11 is 0. The first kappa shape index (κ1) is 11.7. The smallest absolute Gasteiger partial charge is 0.193 e. The van der Waals surface area contributed by atoms with Crippen LogP contribution in [0.2, 0.25) is 0 Å². The van der Waals surface area contributed by atoms with Crippen molar-refractivity contribution in [2.45, 2.75) is 38.9 Å². The molecule has 2 atom stereocenters. The number of guanidine groups is 1. The summed E-state index contributed by atoms with van der Waals surface area (Å²) in [6, 6.07) is 0. The van der Waals surface area contributed by atoms with Crippen LogP contribution in [0.4, 0.5) is 0 Å². The number of rotatable bonds is 2. The number of ether oxygens (including phenoxy) is 1. The highest BCUT2D eigenvalue weighted by atomic mass is 16.5. The summed E-state index contributed by atoms with van der Waals surface area (Å²) < 4.78 is 5.74. The highest BCUT2D eigenvalue weighted by molar-refractivity contribution is 5.81. The van der Waals surface area contributed by atoms with Crippen LogP contribution in [0.15, 0.2) is 4.99 Å². The Morgan fingerprint density at radius 1 is 1.38 bits per heavy atom. The molecule has 2 aliphatic heterocycles. The van der Waals surface area contributed by atoms with Crippen molar-refractivity contribution < 1.29 is 4.74 Å². The molecule has 0 aromatic carbocycles. The maximum Gasteiger partial charge on any atom is 0.193 e. The van der Waals surface area contributed by atoms with E-state index in [4.69, 9.17) is 4.74 Å². The Labute approximate surface area is 98.1 Å². The Kier molecular flexibility index (Phi) is 3.69. The zero-order chi connectivity index (χ0) is 11.5. The van der Waals surface area contributed by atoms with Crippen molar-refractivity contribution in [3.05, 3.63) is 0 Å². The van der Waals surface area contributed by atoms with E-state index < -0.39 is 0 Å². The first-order valence-corrected chi connectivity index (χ1v) is 6.30. The van der Waals surface area contributed by atoms with Gasteiger partial charge in [0.1, 0.15) is 0 Å². The quantitative estimate of drug-likeness (QED) is 0.764. The molecule has 2 unspecified atom stereocenters. The third kappa shape index (κ3) is 2.88. The van der Waals surface area contributed by atoms with Gasteiger partial charge in [-0.15, -0.1) is 0 Å². The third-order valence-electron chi connectivity index (χ3n) is 3.40. The Bertz CT molecular complexity index is 257. The highest BCUT2D eigenvalue weighted by Gasteiger charge is 2.25. The van der Waals surface area contributed by atoms with Crippen molar-refractivity contribution in [3.8, 4) is 0 Å². The lowest BCUT2D eigenvalue weighted by Gasteiger charge is -2.32. The normalized spacial score (nSPS) is 35.1. The molecule has 0 saturated carbocycles. The molecule has 0 aromatic heterocycles. The second kappa shape index (κ2) is 5.04. The standard InChI is InChI=1S/C12H23N3O/c1-9-6-11(7-10(2)16-9)8-14-12-13-4-5-15(12)3/h9-11H,4-8H2,1-3H3,(H,13,14). The van der Waals surface area contributed by atoms with Gasteiger partial charge in [-0.1, -0.05) is 0 Å². The van der Waals surface area contributed by atoms with Gasteiger partial charge in [-0.3, -0.25) is 4.99 Å². The first-order chi connectivity index (χ1) is 7.65. The molecular formula is C12H23N3O. The summed E-state index contributed by atoms with van der Waals surface area (Å²) in [6.07, 6.45) is 3.13. The summed E-state index contributed by atoms with van der Waals surface area (Å²) in [6.45, 7) is 7.34. The number of aliphatic imine (C=N–C) groups is 1. The molecule has 0 spiro atoms.